The SMILES string of the molecule is O=[n+]1ccc(-c2ccccc2)c2ccc3c(-c4ccccc4)ccn([O-])c3c21. The Morgan fingerprint density at radius 3 is 1.89 bits per heavy atom. The van der Waals surface area contributed by atoms with Gasteiger partial charge in [0.2, 0.25) is 6.20 Å². The van der Waals surface area contributed by atoms with Crippen LogP contribution in [0, 0.1) is 10.1 Å². The van der Waals surface area contributed by atoms with Gasteiger partial charge in [0, 0.05) is 21.9 Å². The zero-order valence-corrected chi connectivity index (χ0v) is 14.9. The second-order valence-electron chi connectivity index (χ2n) is 6.70. The molecule has 0 saturated carbocycles. The zero-order chi connectivity index (χ0) is 19.1. The van der Waals surface area contributed by atoms with Crippen molar-refractivity contribution in [3.05, 3.63) is 107 Å². The molecule has 0 radical (unpaired) electrons. The van der Waals surface area contributed by atoms with Crippen LogP contribution >= 0.6 is 0 Å². The Balaban J connectivity index is 1.92. The molecule has 0 aliphatic carbocycles. The van der Waals surface area contributed by atoms with Gasteiger partial charge in [-0.1, -0.05) is 66.7 Å². The van der Waals surface area contributed by atoms with E-state index in [1.807, 2.05) is 72.8 Å². The van der Waals surface area contributed by atoms with Gasteiger partial charge in [-0.25, -0.2) is 0 Å². The fraction of sp³-hybridized carbons (Fsp3) is 0. The highest BCUT2D eigenvalue weighted by Crippen LogP contribution is 2.34. The second-order valence-corrected chi connectivity index (χ2v) is 6.70. The van der Waals surface area contributed by atoms with Crippen LogP contribution in [0.15, 0.2) is 97.3 Å². The van der Waals surface area contributed by atoms with Crippen molar-refractivity contribution in [1.29, 1.82) is 0 Å². The third kappa shape index (κ3) is 2.47. The summed E-state index contributed by atoms with van der Waals surface area (Å²) >= 11 is 0. The molecule has 0 spiro atoms. The molecule has 0 N–H and O–H groups in total. The van der Waals surface area contributed by atoms with Crippen LogP contribution in [0.4, 0.5) is 0 Å². The summed E-state index contributed by atoms with van der Waals surface area (Å²) in [6.07, 6.45) is 2.94. The first-order valence-corrected chi connectivity index (χ1v) is 9.05. The second kappa shape index (κ2) is 6.35. The van der Waals surface area contributed by atoms with Crippen molar-refractivity contribution in [2.24, 2.45) is 0 Å². The van der Waals surface area contributed by atoms with Crippen LogP contribution in [-0.4, -0.2) is 4.73 Å². The molecule has 0 fully saturated rings. The molecule has 134 valence electrons. The Labute approximate surface area is 161 Å². The topological polar surface area (TPSA) is 51.0 Å². The van der Waals surface area contributed by atoms with Gasteiger partial charge in [0.05, 0.1) is 9.81 Å². The summed E-state index contributed by atoms with van der Waals surface area (Å²) in [6, 6.07) is 27.2. The number of hydrogen-bond donors (Lipinski definition) is 0. The highest BCUT2D eigenvalue weighted by molar-refractivity contribution is 6.10. The Morgan fingerprint density at radius 1 is 0.679 bits per heavy atom. The molecule has 4 heteroatoms. The average molecular weight is 364 g/mol. The van der Waals surface area contributed by atoms with Gasteiger partial charge in [0.15, 0.2) is 0 Å². The first-order valence-electron chi connectivity index (χ1n) is 9.05. The summed E-state index contributed by atoms with van der Waals surface area (Å²) in [5, 5.41) is 14.3. The molecule has 5 rings (SSSR count). The summed E-state index contributed by atoms with van der Waals surface area (Å²) in [7, 11) is 0. The fourth-order valence-corrected chi connectivity index (χ4v) is 3.81. The number of benzene rings is 3. The maximum atomic E-state index is 12.7. The van der Waals surface area contributed by atoms with E-state index in [1.165, 1.54) is 12.4 Å². The van der Waals surface area contributed by atoms with Crippen molar-refractivity contribution in [1.82, 2.24) is 4.73 Å². The van der Waals surface area contributed by atoms with E-state index in [2.05, 4.69) is 0 Å². The highest BCUT2D eigenvalue weighted by atomic mass is 16.5. The van der Waals surface area contributed by atoms with Crippen LogP contribution in [0.3, 0.4) is 0 Å². The standard InChI is InChI=1S/C24H16N2O2/c27-25-15-13-19(17-7-3-1-4-8-17)21-11-12-22-20(18-9-5-2-6-10-18)14-16-26(28)24(22)23(21)25/h1-16H. The largest absolute Gasteiger partial charge is 0.805 e. The van der Waals surface area contributed by atoms with Gasteiger partial charge in [-0.2, -0.15) is 0 Å². The van der Waals surface area contributed by atoms with Crippen molar-refractivity contribution in [3.63, 3.8) is 0 Å². The number of fused-ring (bicyclic) bond motifs is 3. The quantitative estimate of drug-likeness (QED) is 0.311. The van der Waals surface area contributed by atoms with Gasteiger partial charge in [0.25, 0.3) is 5.52 Å². The van der Waals surface area contributed by atoms with E-state index < -0.39 is 0 Å². The van der Waals surface area contributed by atoms with Crippen molar-refractivity contribution in [2.75, 3.05) is 0 Å². The number of rotatable bonds is 2. The van der Waals surface area contributed by atoms with Crippen LogP contribution in [0.2, 0.25) is 0 Å². The van der Waals surface area contributed by atoms with Crippen molar-refractivity contribution < 1.29 is 4.43 Å². The molecular formula is C24H16N2O2. The Bertz CT molecular complexity index is 1370. The number of nitrogens with zero attached hydrogens (tertiary/aromatic N) is 2. The van der Waals surface area contributed by atoms with Crippen molar-refractivity contribution in [2.45, 2.75) is 0 Å². The predicted molar refractivity (Wildman–Crippen MR) is 112 cm³/mol. The maximum absolute atomic E-state index is 12.7. The normalized spacial score (nSPS) is 11.1. The monoisotopic (exact) mass is 364 g/mol. The van der Waals surface area contributed by atoms with Gasteiger partial charge in [-0.3, -0.25) is 0 Å². The van der Waals surface area contributed by atoms with Crippen LogP contribution in [-0.2, 0) is 0 Å². The minimum atomic E-state index is 0.381. The molecule has 28 heavy (non-hydrogen) atoms. The molecule has 0 bridgehead atoms. The zero-order valence-electron chi connectivity index (χ0n) is 14.9. The van der Waals surface area contributed by atoms with Crippen molar-refractivity contribution >= 4 is 21.8 Å². The Morgan fingerprint density at radius 2 is 1.25 bits per heavy atom. The lowest BCUT2D eigenvalue weighted by molar-refractivity contribution is -0.462. The van der Waals surface area contributed by atoms with Crippen LogP contribution in [0.1, 0.15) is 0 Å². The van der Waals surface area contributed by atoms with E-state index in [4.69, 9.17) is 0 Å². The summed E-state index contributed by atoms with van der Waals surface area (Å²) in [5.41, 5.74) is 4.62. The fourth-order valence-electron chi connectivity index (χ4n) is 3.81. The molecule has 4 nitrogen and oxygen atoms in total. The van der Waals surface area contributed by atoms with Crippen LogP contribution in [0.5, 0.6) is 0 Å². The van der Waals surface area contributed by atoms with Gasteiger partial charge < -0.3 is 9.94 Å². The van der Waals surface area contributed by atoms with Crippen LogP contribution in [0.25, 0.3) is 44.1 Å². The third-order valence-corrected chi connectivity index (χ3v) is 5.10. The summed E-state index contributed by atoms with van der Waals surface area (Å²) in [6.45, 7) is 0. The molecule has 2 aromatic heterocycles. The lowest BCUT2D eigenvalue weighted by Crippen LogP contribution is -2.16. The predicted octanol–water partition coefficient (Wildman–Crippen LogP) is 5.39. The van der Waals surface area contributed by atoms with Gasteiger partial charge in [-0.05, 0) is 35.0 Å². The van der Waals surface area contributed by atoms with Crippen LogP contribution < -0.4 is 4.43 Å². The summed E-state index contributed by atoms with van der Waals surface area (Å²) in [5.74, 6) is 0. The third-order valence-electron chi connectivity index (χ3n) is 5.10. The number of hydrogen-bond acceptors (Lipinski definition) is 2. The highest BCUT2D eigenvalue weighted by Gasteiger charge is 2.19. The van der Waals surface area contributed by atoms with E-state index in [1.54, 1.807) is 12.1 Å². The molecule has 0 aliphatic rings. The number of aromatic nitrogens is 2. The Hall–Kier alpha value is -3.92. The molecule has 0 unspecified atom stereocenters. The van der Waals surface area contributed by atoms with Gasteiger partial charge >= 0.3 is 0 Å². The molecule has 0 atom stereocenters. The van der Waals surface area contributed by atoms with Gasteiger partial charge in [0.1, 0.15) is 5.52 Å². The van der Waals surface area contributed by atoms with Gasteiger partial charge in [-0.15, -0.1) is 0 Å². The molecule has 5 aromatic rings. The minimum Gasteiger partial charge on any atom is -0.805 e. The summed E-state index contributed by atoms with van der Waals surface area (Å²) in [4.78, 5) is 12.7. The summed E-state index contributed by atoms with van der Waals surface area (Å²) < 4.78 is 1.57. The van der Waals surface area contributed by atoms with E-state index in [-0.39, 0.29) is 0 Å². The first kappa shape index (κ1) is 16.3. The molecule has 0 amide bonds. The molecule has 0 saturated heterocycles. The van der Waals surface area contributed by atoms with E-state index >= 15 is 0 Å². The lowest BCUT2D eigenvalue weighted by atomic mass is 9.96. The van der Waals surface area contributed by atoms with E-state index in [9.17, 15) is 10.1 Å². The number of pyridine rings is 2. The maximum Gasteiger partial charge on any atom is 0.294 e. The van der Waals surface area contributed by atoms with Crippen molar-refractivity contribution in [3.8, 4) is 22.3 Å². The minimum absolute atomic E-state index is 0.381. The molecular weight excluding hydrogens is 348 g/mol. The van der Waals surface area contributed by atoms with E-state index in [0.717, 1.165) is 42.2 Å². The smallest absolute Gasteiger partial charge is 0.294 e. The Kier molecular flexibility index (Phi) is 3.69. The molecule has 0 aliphatic heterocycles. The molecule has 2 heterocycles. The van der Waals surface area contributed by atoms with E-state index in [0.29, 0.717) is 11.0 Å². The lowest BCUT2D eigenvalue weighted by Gasteiger charge is -2.17. The molecule has 3 aromatic carbocycles. The average Bonchev–Trinajstić information content (AvgIpc) is 2.75. The first-order chi connectivity index (χ1) is 13.7.